The van der Waals surface area contributed by atoms with E-state index in [2.05, 4.69) is 4.98 Å². The first kappa shape index (κ1) is 12.0. The van der Waals surface area contributed by atoms with E-state index in [9.17, 15) is 9.59 Å². The molecule has 5 heteroatoms. The fourth-order valence-corrected chi connectivity index (χ4v) is 2.20. The van der Waals surface area contributed by atoms with Gasteiger partial charge in [-0.05, 0) is 18.9 Å². The summed E-state index contributed by atoms with van der Waals surface area (Å²) in [5, 5.41) is 0.342. The van der Waals surface area contributed by atoms with Gasteiger partial charge in [-0.15, -0.1) is 0 Å². The fourth-order valence-electron chi connectivity index (χ4n) is 1.91. The van der Waals surface area contributed by atoms with Gasteiger partial charge in [-0.3, -0.25) is 19.5 Å². The third kappa shape index (κ3) is 2.31. The van der Waals surface area contributed by atoms with Crippen LogP contribution in [0.4, 0.5) is 0 Å². The van der Waals surface area contributed by atoms with Crippen LogP contribution in [0.1, 0.15) is 29.4 Å². The van der Waals surface area contributed by atoms with Gasteiger partial charge in [0.15, 0.2) is 0 Å². The maximum atomic E-state index is 12.1. The maximum Gasteiger partial charge on any atom is 0.263 e. The molecule has 2 heterocycles. The summed E-state index contributed by atoms with van der Waals surface area (Å²) in [6.07, 6.45) is 1.85. The second-order valence-corrected chi connectivity index (χ2v) is 4.83. The monoisotopic (exact) mass is 252 g/mol. The van der Waals surface area contributed by atoms with E-state index in [-0.39, 0.29) is 17.7 Å². The molecule has 1 aliphatic rings. The maximum absolute atomic E-state index is 12.1. The molecule has 0 N–H and O–H groups in total. The van der Waals surface area contributed by atoms with Crippen LogP contribution in [0.5, 0.6) is 0 Å². The number of rotatable bonds is 1. The first-order valence-corrected chi connectivity index (χ1v) is 5.83. The number of aryl methyl sites for hydroxylation is 1. The summed E-state index contributed by atoms with van der Waals surface area (Å²) >= 11 is 5.99. The van der Waals surface area contributed by atoms with Crippen molar-refractivity contribution in [3.63, 3.8) is 0 Å². The normalized spacial score (nSPS) is 19.8. The predicted molar refractivity (Wildman–Crippen MR) is 63.8 cm³/mol. The predicted octanol–water partition coefficient (Wildman–Crippen LogP) is 2.05. The summed E-state index contributed by atoms with van der Waals surface area (Å²) < 4.78 is 0. The van der Waals surface area contributed by atoms with Crippen LogP contribution in [0.2, 0.25) is 5.02 Å². The molecule has 1 fully saturated rings. The summed E-state index contributed by atoms with van der Waals surface area (Å²) in [5.74, 6) is -0.278. The van der Waals surface area contributed by atoms with Crippen LogP contribution in [-0.2, 0) is 4.79 Å². The van der Waals surface area contributed by atoms with E-state index in [0.717, 1.165) is 5.69 Å². The highest BCUT2D eigenvalue weighted by Crippen LogP contribution is 2.23. The van der Waals surface area contributed by atoms with E-state index in [4.69, 9.17) is 11.6 Å². The molecule has 1 unspecified atom stereocenters. The van der Waals surface area contributed by atoms with E-state index in [0.29, 0.717) is 23.6 Å². The van der Waals surface area contributed by atoms with E-state index in [1.165, 1.54) is 11.1 Å². The Morgan fingerprint density at radius 3 is 2.82 bits per heavy atom. The zero-order chi connectivity index (χ0) is 12.6. The van der Waals surface area contributed by atoms with Gasteiger partial charge in [0.05, 0.1) is 10.6 Å². The first-order valence-electron chi connectivity index (χ1n) is 5.46. The van der Waals surface area contributed by atoms with Crippen LogP contribution in [0.25, 0.3) is 0 Å². The van der Waals surface area contributed by atoms with Gasteiger partial charge in [0.25, 0.3) is 5.91 Å². The Labute approximate surface area is 105 Å². The highest BCUT2D eigenvalue weighted by Gasteiger charge is 2.32. The van der Waals surface area contributed by atoms with Gasteiger partial charge >= 0.3 is 0 Å². The summed E-state index contributed by atoms with van der Waals surface area (Å²) in [5.41, 5.74) is 1.03. The van der Waals surface area contributed by atoms with Crippen LogP contribution in [0.15, 0.2) is 12.3 Å². The molecule has 0 bridgehead atoms. The number of aromatic nitrogens is 1. The molecular formula is C12H13ClN2O2. The van der Waals surface area contributed by atoms with Crippen molar-refractivity contribution in [2.24, 2.45) is 5.92 Å². The van der Waals surface area contributed by atoms with Crippen LogP contribution in [0, 0.1) is 12.8 Å². The molecule has 17 heavy (non-hydrogen) atoms. The molecule has 4 nitrogen and oxygen atoms in total. The number of amides is 2. The minimum absolute atomic E-state index is 0.140. The molecule has 0 aromatic carbocycles. The average molecular weight is 253 g/mol. The Morgan fingerprint density at radius 1 is 1.59 bits per heavy atom. The standard InChI is InChI=1S/C12H13ClN2O2/c1-7-3-11(16)15(6-7)12(17)9-5-14-8(2)4-10(9)13/h4-5,7H,3,6H2,1-2H3. The van der Waals surface area contributed by atoms with Crippen molar-refractivity contribution in [3.05, 3.63) is 28.5 Å². The SMILES string of the molecule is Cc1cc(Cl)c(C(=O)N2CC(C)CC2=O)cn1. The third-order valence-electron chi connectivity index (χ3n) is 2.78. The van der Waals surface area contributed by atoms with Gasteiger partial charge in [0.2, 0.25) is 5.91 Å². The zero-order valence-electron chi connectivity index (χ0n) is 9.74. The minimum atomic E-state index is -0.350. The number of hydrogen-bond donors (Lipinski definition) is 0. The quantitative estimate of drug-likeness (QED) is 0.719. The number of hydrogen-bond acceptors (Lipinski definition) is 3. The molecule has 1 atom stereocenters. The molecule has 1 aliphatic heterocycles. The van der Waals surface area contributed by atoms with Gasteiger partial charge < -0.3 is 0 Å². The van der Waals surface area contributed by atoms with Crippen molar-refractivity contribution in [1.29, 1.82) is 0 Å². The lowest BCUT2D eigenvalue weighted by Crippen LogP contribution is -2.32. The Hall–Kier alpha value is -1.42. The van der Waals surface area contributed by atoms with E-state index >= 15 is 0 Å². The van der Waals surface area contributed by atoms with Crippen molar-refractivity contribution in [2.45, 2.75) is 20.3 Å². The number of likely N-dealkylation sites (tertiary alicyclic amines) is 1. The zero-order valence-corrected chi connectivity index (χ0v) is 10.5. The second-order valence-electron chi connectivity index (χ2n) is 4.42. The Balaban J connectivity index is 2.28. The first-order chi connectivity index (χ1) is 7.99. The molecule has 1 aromatic heterocycles. The Bertz CT molecular complexity index is 487. The van der Waals surface area contributed by atoms with E-state index in [1.807, 2.05) is 6.92 Å². The van der Waals surface area contributed by atoms with Gasteiger partial charge in [0, 0.05) is 24.9 Å². The molecule has 2 rings (SSSR count). The topological polar surface area (TPSA) is 50.3 Å². The van der Waals surface area contributed by atoms with Crippen molar-refractivity contribution in [1.82, 2.24) is 9.88 Å². The summed E-state index contributed by atoms with van der Waals surface area (Å²) in [6.45, 7) is 4.20. The summed E-state index contributed by atoms with van der Waals surface area (Å²) in [4.78, 5) is 29.0. The van der Waals surface area contributed by atoms with Crippen LogP contribution < -0.4 is 0 Å². The molecule has 90 valence electrons. The van der Waals surface area contributed by atoms with Crippen molar-refractivity contribution in [3.8, 4) is 0 Å². The van der Waals surface area contributed by atoms with Crippen molar-refractivity contribution < 1.29 is 9.59 Å². The lowest BCUT2D eigenvalue weighted by atomic mass is 10.2. The Morgan fingerprint density at radius 2 is 2.29 bits per heavy atom. The summed E-state index contributed by atoms with van der Waals surface area (Å²) in [7, 11) is 0. The van der Waals surface area contributed by atoms with Crippen LogP contribution in [0.3, 0.4) is 0 Å². The largest absolute Gasteiger partial charge is 0.278 e. The van der Waals surface area contributed by atoms with Crippen LogP contribution >= 0.6 is 11.6 Å². The number of halogens is 1. The van der Waals surface area contributed by atoms with Crippen LogP contribution in [-0.4, -0.2) is 28.2 Å². The third-order valence-corrected chi connectivity index (χ3v) is 3.10. The number of carbonyl (C=O) groups is 2. The minimum Gasteiger partial charge on any atom is -0.278 e. The molecule has 0 spiro atoms. The fraction of sp³-hybridized carbons (Fsp3) is 0.417. The van der Waals surface area contributed by atoms with Gasteiger partial charge in [0.1, 0.15) is 0 Å². The summed E-state index contributed by atoms with van der Waals surface area (Å²) in [6, 6.07) is 1.62. The molecule has 0 saturated carbocycles. The average Bonchev–Trinajstić information content (AvgIpc) is 2.57. The number of imide groups is 1. The molecule has 1 saturated heterocycles. The van der Waals surface area contributed by atoms with Gasteiger partial charge in [-0.1, -0.05) is 18.5 Å². The van der Waals surface area contributed by atoms with Gasteiger partial charge in [-0.25, -0.2) is 0 Å². The molecular weight excluding hydrogens is 240 g/mol. The second kappa shape index (κ2) is 4.45. The molecule has 0 radical (unpaired) electrons. The smallest absolute Gasteiger partial charge is 0.263 e. The van der Waals surface area contributed by atoms with Crippen molar-refractivity contribution in [2.75, 3.05) is 6.54 Å². The van der Waals surface area contributed by atoms with Crippen molar-refractivity contribution >= 4 is 23.4 Å². The van der Waals surface area contributed by atoms with E-state index in [1.54, 1.807) is 13.0 Å². The number of nitrogens with zero attached hydrogens (tertiary/aromatic N) is 2. The van der Waals surface area contributed by atoms with Gasteiger partial charge in [-0.2, -0.15) is 0 Å². The molecule has 1 aromatic rings. The number of pyridine rings is 1. The molecule has 0 aliphatic carbocycles. The Kier molecular flexibility index (Phi) is 3.15. The highest BCUT2D eigenvalue weighted by atomic mass is 35.5. The van der Waals surface area contributed by atoms with E-state index < -0.39 is 0 Å². The molecule has 2 amide bonds. The number of carbonyl (C=O) groups excluding carboxylic acids is 2. The lowest BCUT2D eigenvalue weighted by Gasteiger charge is -2.14. The highest BCUT2D eigenvalue weighted by molar-refractivity contribution is 6.34. The lowest BCUT2D eigenvalue weighted by molar-refractivity contribution is -0.125.